The van der Waals surface area contributed by atoms with Crippen molar-refractivity contribution >= 4 is 33.0 Å². The minimum atomic E-state index is -0.517. The second-order valence-corrected chi connectivity index (χ2v) is 10.3. The van der Waals surface area contributed by atoms with E-state index in [2.05, 4.69) is 33.1 Å². The third kappa shape index (κ3) is 4.73. The molecule has 5 rings (SSSR count). The molecule has 0 radical (unpaired) electrons. The van der Waals surface area contributed by atoms with Crippen LogP contribution in [0.3, 0.4) is 0 Å². The number of aromatic nitrogens is 2. The number of nitrogens with two attached hydrogens (primary N) is 1. The number of ketones is 1. The fourth-order valence-electron chi connectivity index (χ4n) is 4.65. The molecule has 0 bridgehead atoms. The topological polar surface area (TPSA) is 92.3 Å². The summed E-state index contributed by atoms with van der Waals surface area (Å²) in [5.41, 5.74) is 10.5. The lowest BCUT2D eigenvalue weighted by atomic mass is 9.92. The van der Waals surface area contributed by atoms with E-state index in [1.807, 2.05) is 43.3 Å². The number of nitrogens with zero attached hydrogens (tertiary/aromatic N) is 3. The number of aliphatic hydroxyl groups is 1. The molecule has 1 aliphatic rings. The maximum absolute atomic E-state index is 13.2. The Hall–Kier alpha value is -3.13. The van der Waals surface area contributed by atoms with Gasteiger partial charge in [-0.25, -0.2) is 4.98 Å². The normalized spacial score (nSPS) is 20.6. The average Bonchev–Trinajstić information content (AvgIpc) is 3.24. The van der Waals surface area contributed by atoms with E-state index in [1.165, 1.54) is 10.4 Å². The lowest BCUT2D eigenvalue weighted by Gasteiger charge is -2.40. The first-order chi connectivity index (χ1) is 16.5. The number of benzene rings is 1. The van der Waals surface area contributed by atoms with Crippen molar-refractivity contribution in [2.75, 3.05) is 18.0 Å². The Kier molecular flexibility index (Phi) is 6.41. The van der Waals surface area contributed by atoms with Gasteiger partial charge in [-0.15, -0.1) is 11.3 Å². The molecular weight excluding hydrogens is 444 g/mol. The van der Waals surface area contributed by atoms with Crippen LogP contribution in [0, 0.1) is 5.92 Å². The van der Waals surface area contributed by atoms with Crippen LogP contribution in [0.5, 0.6) is 0 Å². The molecule has 3 aromatic heterocycles. The number of piperidine rings is 1. The highest BCUT2D eigenvalue weighted by atomic mass is 32.1. The number of hydrogen-bond donors (Lipinski definition) is 2. The van der Waals surface area contributed by atoms with Gasteiger partial charge in [0, 0.05) is 66.4 Å². The first kappa shape index (κ1) is 22.7. The van der Waals surface area contributed by atoms with E-state index < -0.39 is 6.10 Å². The smallest absolute Gasteiger partial charge is 0.185 e. The van der Waals surface area contributed by atoms with E-state index in [1.54, 1.807) is 23.7 Å². The van der Waals surface area contributed by atoms with Gasteiger partial charge in [0.2, 0.25) is 0 Å². The van der Waals surface area contributed by atoms with Gasteiger partial charge in [0.05, 0.1) is 16.3 Å². The molecule has 0 aliphatic carbocycles. The number of rotatable bonds is 6. The molecule has 1 saturated heterocycles. The fraction of sp³-hybridized carbons (Fsp3) is 0.296. The minimum Gasteiger partial charge on any atom is -0.391 e. The molecule has 0 unspecified atom stereocenters. The van der Waals surface area contributed by atoms with Crippen LogP contribution in [0.15, 0.2) is 67.0 Å². The SMILES string of the molecule is C[C@H]1CN(c2ccncc2CC(=O)c2ccc3sc(Cc4ccccc4)cc3n2)C[C@@H](N)[C@@H]1O. The highest BCUT2D eigenvalue weighted by Gasteiger charge is 2.32. The van der Waals surface area contributed by atoms with Crippen molar-refractivity contribution in [2.45, 2.75) is 31.9 Å². The molecule has 1 fully saturated rings. The van der Waals surface area contributed by atoms with Gasteiger partial charge in [-0.2, -0.15) is 0 Å². The summed E-state index contributed by atoms with van der Waals surface area (Å²) in [5.74, 6) is 0.00886. The van der Waals surface area contributed by atoms with Gasteiger partial charge in [-0.3, -0.25) is 9.78 Å². The number of aliphatic hydroxyl groups excluding tert-OH is 1. The van der Waals surface area contributed by atoms with Crippen molar-refractivity contribution in [3.63, 3.8) is 0 Å². The third-order valence-corrected chi connectivity index (χ3v) is 7.55. The quantitative estimate of drug-likeness (QED) is 0.414. The van der Waals surface area contributed by atoms with Crippen molar-refractivity contribution in [1.82, 2.24) is 9.97 Å². The summed E-state index contributed by atoms with van der Waals surface area (Å²) in [7, 11) is 0. The molecule has 4 aromatic rings. The molecule has 1 aliphatic heterocycles. The van der Waals surface area contributed by atoms with Gasteiger partial charge >= 0.3 is 0 Å². The zero-order valence-electron chi connectivity index (χ0n) is 19.1. The van der Waals surface area contributed by atoms with Crippen LogP contribution >= 0.6 is 11.3 Å². The largest absolute Gasteiger partial charge is 0.391 e. The van der Waals surface area contributed by atoms with E-state index in [9.17, 15) is 9.90 Å². The summed E-state index contributed by atoms with van der Waals surface area (Å²) in [6.07, 6.45) is 4.03. The van der Waals surface area contributed by atoms with Crippen LogP contribution in [0.25, 0.3) is 10.2 Å². The van der Waals surface area contributed by atoms with Gasteiger partial charge in [-0.1, -0.05) is 37.3 Å². The van der Waals surface area contributed by atoms with Gasteiger partial charge in [0.1, 0.15) is 5.69 Å². The number of fused-ring (bicyclic) bond motifs is 1. The van der Waals surface area contributed by atoms with Crippen molar-refractivity contribution in [1.29, 1.82) is 0 Å². The monoisotopic (exact) mass is 472 g/mol. The average molecular weight is 473 g/mol. The highest BCUT2D eigenvalue weighted by Crippen LogP contribution is 2.29. The molecule has 1 aromatic carbocycles. The molecule has 7 heteroatoms. The molecule has 6 nitrogen and oxygen atoms in total. The van der Waals surface area contributed by atoms with E-state index in [4.69, 9.17) is 5.73 Å². The summed E-state index contributed by atoms with van der Waals surface area (Å²) in [6, 6.07) is 17.8. The lowest BCUT2D eigenvalue weighted by Crippen LogP contribution is -2.55. The second kappa shape index (κ2) is 9.62. The Morgan fingerprint density at radius 3 is 2.79 bits per heavy atom. The maximum Gasteiger partial charge on any atom is 0.185 e. The second-order valence-electron chi connectivity index (χ2n) is 9.10. The molecule has 0 saturated carbocycles. The van der Waals surface area contributed by atoms with Crippen LogP contribution in [-0.4, -0.2) is 46.1 Å². The number of hydrogen-bond acceptors (Lipinski definition) is 7. The van der Waals surface area contributed by atoms with Gasteiger partial charge in [-0.05, 0) is 29.8 Å². The highest BCUT2D eigenvalue weighted by molar-refractivity contribution is 7.19. The van der Waals surface area contributed by atoms with Crippen molar-refractivity contribution in [3.05, 3.63) is 88.7 Å². The van der Waals surface area contributed by atoms with Crippen molar-refractivity contribution in [3.8, 4) is 0 Å². The summed E-state index contributed by atoms with van der Waals surface area (Å²) >= 11 is 1.72. The zero-order chi connectivity index (χ0) is 23.7. The predicted octanol–water partition coefficient (Wildman–Crippen LogP) is 3.85. The zero-order valence-corrected chi connectivity index (χ0v) is 19.9. The number of carbonyl (C=O) groups is 1. The molecule has 4 heterocycles. The molecular formula is C27H28N4O2S. The first-order valence-corrected chi connectivity index (χ1v) is 12.4. The molecule has 0 spiro atoms. The van der Waals surface area contributed by atoms with Crippen LogP contribution in [0.2, 0.25) is 0 Å². The van der Waals surface area contributed by atoms with Gasteiger partial charge < -0.3 is 15.7 Å². The van der Waals surface area contributed by atoms with E-state index in [0.29, 0.717) is 18.8 Å². The van der Waals surface area contributed by atoms with E-state index in [0.717, 1.165) is 27.9 Å². The molecule has 34 heavy (non-hydrogen) atoms. The summed E-state index contributed by atoms with van der Waals surface area (Å²) in [4.78, 5) is 25.5. The first-order valence-electron chi connectivity index (χ1n) is 11.6. The van der Waals surface area contributed by atoms with Crippen LogP contribution in [0.1, 0.15) is 33.4 Å². The Morgan fingerprint density at radius 1 is 1.18 bits per heavy atom. The summed E-state index contributed by atoms with van der Waals surface area (Å²) in [5, 5.41) is 10.2. The summed E-state index contributed by atoms with van der Waals surface area (Å²) in [6.45, 7) is 3.22. The standard InChI is InChI=1S/C27H28N4O2S/c1-17-15-31(16-21(28)27(17)33)24-9-10-29-14-19(24)12-25(32)22-7-8-26-23(30-22)13-20(34-26)11-18-5-3-2-4-6-18/h2-10,13-14,17,21,27,33H,11-12,15-16,28H2,1H3/t17-,21+,27+/m0/s1. The van der Waals surface area contributed by atoms with E-state index in [-0.39, 0.29) is 24.2 Å². The van der Waals surface area contributed by atoms with Gasteiger partial charge in [0.15, 0.2) is 5.78 Å². The van der Waals surface area contributed by atoms with Crippen molar-refractivity contribution < 1.29 is 9.90 Å². The minimum absolute atomic E-state index is 0.0404. The predicted molar refractivity (Wildman–Crippen MR) is 136 cm³/mol. The van der Waals surface area contributed by atoms with Crippen LogP contribution in [-0.2, 0) is 12.8 Å². The molecule has 174 valence electrons. The number of anilines is 1. The maximum atomic E-state index is 13.2. The Labute approximate surface area is 203 Å². The Bertz CT molecular complexity index is 1290. The molecule has 3 N–H and O–H groups in total. The molecule has 3 atom stereocenters. The number of thiophene rings is 1. The number of Topliss-reactive ketones (excluding diaryl/α,β-unsaturated/α-hetero) is 1. The van der Waals surface area contributed by atoms with Gasteiger partial charge in [0.25, 0.3) is 0 Å². The van der Waals surface area contributed by atoms with Crippen LogP contribution < -0.4 is 10.6 Å². The molecule has 0 amide bonds. The Balaban J connectivity index is 1.35. The van der Waals surface area contributed by atoms with E-state index >= 15 is 0 Å². The van der Waals surface area contributed by atoms with Crippen LogP contribution in [0.4, 0.5) is 5.69 Å². The summed E-state index contributed by atoms with van der Waals surface area (Å²) < 4.78 is 1.08. The fourth-order valence-corrected chi connectivity index (χ4v) is 5.69. The Morgan fingerprint density at radius 2 is 2.00 bits per heavy atom. The number of carbonyl (C=O) groups excluding carboxylic acids is 1. The lowest BCUT2D eigenvalue weighted by molar-refractivity contribution is 0.0784. The number of pyridine rings is 2. The van der Waals surface area contributed by atoms with Crippen molar-refractivity contribution in [2.24, 2.45) is 11.7 Å². The third-order valence-electron chi connectivity index (χ3n) is 6.46.